The van der Waals surface area contributed by atoms with Gasteiger partial charge in [-0.2, -0.15) is 0 Å². The van der Waals surface area contributed by atoms with E-state index in [1.807, 2.05) is 25.1 Å². The lowest BCUT2D eigenvalue weighted by molar-refractivity contribution is -0.116. The summed E-state index contributed by atoms with van der Waals surface area (Å²) in [5, 5.41) is 6.23. The Hall–Kier alpha value is -2.13. The molecule has 2 aromatic rings. The second-order valence-electron chi connectivity index (χ2n) is 5.76. The predicted octanol–water partition coefficient (Wildman–Crippen LogP) is 3.73. The minimum absolute atomic E-state index is 0.0414. The number of anilines is 1. The molecular formula is C19H24N2O. The maximum atomic E-state index is 11.9. The molecule has 0 aliphatic heterocycles. The molecule has 116 valence electrons. The quantitative estimate of drug-likeness (QED) is 0.798. The van der Waals surface area contributed by atoms with Crippen LogP contribution >= 0.6 is 0 Å². The van der Waals surface area contributed by atoms with E-state index in [1.165, 1.54) is 22.3 Å². The van der Waals surface area contributed by atoms with Crippen molar-refractivity contribution in [2.75, 3.05) is 11.9 Å². The van der Waals surface area contributed by atoms with E-state index in [1.54, 1.807) is 0 Å². The number of rotatable bonds is 6. The van der Waals surface area contributed by atoms with Crippen molar-refractivity contribution in [1.29, 1.82) is 0 Å². The Bertz CT molecular complexity index is 632. The van der Waals surface area contributed by atoms with Crippen LogP contribution in [0.5, 0.6) is 0 Å². The van der Waals surface area contributed by atoms with Crippen LogP contribution in [-0.4, -0.2) is 12.5 Å². The van der Waals surface area contributed by atoms with Gasteiger partial charge in [-0.15, -0.1) is 0 Å². The first kappa shape index (κ1) is 16.2. The summed E-state index contributed by atoms with van der Waals surface area (Å²) >= 11 is 0. The zero-order valence-electron chi connectivity index (χ0n) is 13.6. The normalized spacial score (nSPS) is 10.5. The number of carbonyl (C=O) groups is 1. The highest BCUT2D eigenvalue weighted by Crippen LogP contribution is 2.14. The van der Waals surface area contributed by atoms with Gasteiger partial charge in [0.05, 0.1) is 0 Å². The van der Waals surface area contributed by atoms with Crippen LogP contribution in [0.1, 0.15) is 28.7 Å². The van der Waals surface area contributed by atoms with Gasteiger partial charge in [0.15, 0.2) is 0 Å². The van der Waals surface area contributed by atoms with E-state index >= 15 is 0 Å². The molecule has 22 heavy (non-hydrogen) atoms. The Balaban J connectivity index is 1.71. The third-order valence-electron chi connectivity index (χ3n) is 3.77. The van der Waals surface area contributed by atoms with Crippen LogP contribution in [-0.2, 0) is 11.3 Å². The predicted molar refractivity (Wildman–Crippen MR) is 92.0 cm³/mol. The molecule has 0 atom stereocenters. The Morgan fingerprint density at radius 1 is 0.955 bits per heavy atom. The van der Waals surface area contributed by atoms with Crippen LogP contribution in [0, 0.1) is 20.8 Å². The van der Waals surface area contributed by atoms with Gasteiger partial charge in [0.1, 0.15) is 0 Å². The van der Waals surface area contributed by atoms with E-state index in [4.69, 9.17) is 0 Å². The first-order valence-corrected chi connectivity index (χ1v) is 7.68. The fourth-order valence-corrected chi connectivity index (χ4v) is 2.18. The highest BCUT2D eigenvalue weighted by atomic mass is 16.1. The second-order valence-corrected chi connectivity index (χ2v) is 5.76. The molecule has 0 unspecified atom stereocenters. The average Bonchev–Trinajstić information content (AvgIpc) is 2.49. The average molecular weight is 296 g/mol. The molecule has 0 aliphatic rings. The van der Waals surface area contributed by atoms with Crippen molar-refractivity contribution in [1.82, 2.24) is 5.32 Å². The van der Waals surface area contributed by atoms with E-state index in [2.05, 4.69) is 48.7 Å². The van der Waals surface area contributed by atoms with Crippen LogP contribution < -0.4 is 10.6 Å². The standard InChI is InChI=1S/C19H24N2O/c1-14-4-7-17(8-5-14)13-20-11-10-19(22)21-18-9-6-15(2)16(3)12-18/h4-9,12,20H,10-11,13H2,1-3H3,(H,21,22). The largest absolute Gasteiger partial charge is 0.326 e. The lowest BCUT2D eigenvalue weighted by atomic mass is 10.1. The maximum Gasteiger partial charge on any atom is 0.225 e. The first-order chi connectivity index (χ1) is 10.5. The molecule has 0 heterocycles. The zero-order chi connectivity index (χ0) is 15.9. The molecule has 0 saturated carbocycles. The molecule has 2 aromatic carbocycles. The van der Waals surface area contributed by atoms with Gasteiger partial charge in [0, 0.05) is 25.2 Å². The summed E-state index contributed by atoms with van der Waals surface area (Å²) in [4.78, 5) is 11.9. The van der Waals surface area contributed by atoms with E-state index in [0.29, 0.717) is 13.0 Å². The first-order valence-electron chi connectivity index (χ1n) is 7.68. The molecule has 0 radical (unpaired) electrons. The number of hydrogen-bond donors (Lipinski definition) is 2. The summed E-state index contributed by atoms with van der Waals surface area (Å²) in [6.07, 6.45) is 0.471. The Morgan fingerprint density at radius 2 is 1.68 bits per heavy atom. The third kappa shape index (κ3) is 5.01. The summed E-state index contributed by atoms with van der Waals surface area (Å²) in [7, 11) is 0. The van der Waals surface area contributed by atoms with Gasteiger partial charge < -0.3 is 10.6 Å². The molecule has 0 saturated heterocycles. The van der Waals surface area contributed by atoms with Crippen molar-refractivity contribution in [3.05, 3.63) is 64.7 Å². The number of nitrogens with one attached hydrogen (secondary N) is 2. The number of amides is 1. The lowest BCUT2D eigenvalue weighted by Crippen LogP contribution is -2.21. The molecule has 0 aliphatic carbocycles. The van der Waals surface area contributed by atoms with Gasteiger partial charge >= 0.3 is 0 Å². The van der Waals surface area contributed by atoms with Crippen molar-refractivity contribution >= 4 is 11.6 Å². The molecule has 3 nitrogen and oxygen atoms in total. The van der Waals surface area contributed by atoms with Crippen LogP contribution in [0.25, 0.3) is 0 Å². The summed E-state index contributed by atoms with van der Waals surface area (Å²) in [5.41, 5.74) is 5.79. The lowest BCUT2D eigenvalue weighted by Gasteiger charge is -2.08. The number of benzene rings is 2. The Labute approximate surface area is 132 Å². The highest BCUT2D eigenvalue weighted by molar-refractivity contribution is 5.90. The van der Waals surface area contributed by atoms with E-state index in [0.717, 1.165) is 12.2 Å². The monoisotopic (exact) mass is 296 g/mol. The second kappa shape index (κ2) is 7.76. The zero-order valence-corrected chi connectivity index (χ0v) is 13.6. The van der Waals surface area contributed by atoms with Crippen LogP contribution in [0.15, 0.2) is 42.5 Å². The van der Waals surface area contributed by atoms with Gasteiger partial charge in [0.25, 0.3) is 0 Å². The minimum Gasteiger partial charge on any atom is -0.326 e. The van der Waals surface area contributed by atoms with Gasteiger partial charge in [-0.1, -0.05) is 35.9 Å². The third-order valence-corrected chi connectivity index (χ3v) is 3.77. The molecule has 3 heteroatoms. The summed E-state index contributed by atoms with van der Waals surface area (Å²) in [6.45, 7) is 7.65. The molecule has 1 amide bonds. The SMILES string of the molecule is Cc1ccc(CNCCC(=O)Nc2ccc(C)c(C)c2)cc1. The maximum absolute atomic E-state index is 11.9. The van der Waals surface area contributed by atoms with E-state index in [9.17, 15) is 4.79 Å². The van der Waals surface area contributed by atoms with Gasteiger partial charge in [-0.05, 0) is 49.6 Å². The molecular weight excluding hydrogens is 272 g/mol. The van der Waals surface area contributed by atoms with Gasteiger partial charge in [-0.3, -0.25) is 4.79 Å². The molecule has 2 rings (SSSR count). The van der Waals surface area contributed by atoms with Crippen molar-refractivity contribution in [3.63, 3.8) is 0 Å². The number of aryl methyl sites for hydroxylation is 3. The Kier molecular flexibility index (Phi) is 5.73. The highest BCUT2D eigenvalue weighted by Gasteiger charge is 2.03. The summed E-state index contributed by atoms with van der Waals surface area (Å²) in [5.74, 6) is 0.0414. The fourth-order valence-electron chi connectivity index (χ4n) is 2.18. The Morgan fingerprint density at radius 3 is 2.36 bits per heavy atom. The van der Waals surface area contributed by atoms with Crippen LogP contribution in [0.3, 0.4) is 0 Å². The minimum atomic E-state index is 0.0414. The van der Waals surface area contributed by atoms with E-state index in [-0.39, 0.29) is 5.91 Å². The molecule has 2 N–H and O–H groups in total. The van der Waals surface area contributed by atoms with Crippen LogP contribution in [0.4, 0.5) is 5.69 Å². The fraction of sp³-hybridized carbons (Fsp3) is 0.316. The molecule has 0 fully saturated rings. The van der Waals surface area contributed by atoms with Crippen molar-refractivity contribution in [3.8, 4) is 0 Å². The topological polar surface area (TPSA) is 41.1 Å². The molecule has 0 aromatic heterocycles. The van der Waals surface area contributed by atoms with Crippen molar-refractivity contribution in [2.45, 2.75) is 33.7 Å². The van der Waals surface area contributed by atoms with E-state index < -0.39 is 0 Å². The molecule has 0 spiro atoms. The summed E-state index contributed by atoms with van der Waals surface area (Å²) < 4.78 is 0. The van der Waals surface area contributed by atoms with Gasteiger partial charge in [-0.25, -0.2) is 0 Å². The van der Waals surface area contributed by atoms with Crippen molar-refractivity contribution in [2.24, 2.45) is 0 Å². The van der Waals surface area contributed by atoms with Crippen LogP contribution in [0.2, 0.25) is 0 Å². The van der Waals surface area contributed by atoms with Crippen molar-refractivity contribution < 1.29 is 4.79 Å². The molecule has 0 bridgehead atoms. The van der Waals surface area contributed by atoms with Gasteiger partial charge in [0.2, 0.25) is 5.91 Å². The number of hydrogen-bond acceptors (Lipinski definition) is 2. The number of carbonyl (C=O) groups excluding carboxylic acids is 1. The smallest absolute Gasteiger partial charge is 0.225 e. The summed E-state index contributed by atoms with van der Waals surface area (Å²) in [6, 6.07) is 14.4.